The monoisotopic (exact) mass is 284 g/mol. The molecule has 1 heterocycles. The van der Waals surface area contributed by atoms with E-state index >= 15 is 0 Å². The number of benzene rings is 1. The second kappa shape index (κ2) is 4.88. The summed E-state index contributed by atoms with van der Waals surface area (Å²) >= 11 is 11.8. The first-order chi connectivity index (χ1) is 8.36. The zero-order chi connectivity index (χ0) is 13.3. The van der Waals surface area contributed by atoms with Crippen LogP contribution in [0.5, 0.6) is 0 Å². The predicted octanol–water partition coefficient (Wildman–Crippen LogP) is 2.83. The van der Waals surface area contributed by atoms with Crippen LogP contribution in [0.3, 0.4) is 0 Å². The number of halogens is 2. The van der Waals surface area contributed by atoms with Gasteiger partial charge in [-0.25, -0.2) is 4.68 Å². The fourth-order valence-corrected chi connectivity index (χ4v) is 1.82. The first-order valence-corrected chi connectivity index (χ1v) is 6.25. The first kappa shape index (κ1) is 13.3. The summed E-state index contributed by atoms with van der Waals surface area (Å²) in [5.41, 5.74) is 7.23. The second-order valence-corrected chi connectivity index (χ2v) is 5.59. The minimum Gasteiger partial charge on any atom is -0.320 e. The van der Waals surface area contributed by atoms with E-state index in [1.165, 1.54) is 0 Å². The van der Waals surface area contributed by atoms with Crippen LogP contribution in [0, 0.1) is 0 Å². The Bertz CT molecular complexity index is 557. The van der Waals surface area contributed by atoms with Crippen LogP contribution in [0.1, 0.15) is 25.1 Å². The van der Waals surface area contributed by atoms with E-state index in [1.807, 2.05) is 32.2 Å². The van der Waals surface area contributed by atoms with Gasteiger partial charge >= 0.3 is 0 Å². The van der Waals surface area contributed by atoms with Crippen molar-refractivity contribution >= 4 is 23.2 Å². The lowest BCUT2D eigenvalue weighted by atomic mass is 10.0. The summed E-state index contributed by atoms with van der Waals surface area (Å²) in [6.45, 7) is 4.36. The van der Waals surface area contributed by atoms with Crippen molar-refractivity contribution in [1.82, 2.24) is 15.0 Å². The zero-order valence-electron chi connectivity index (χ0n) is 10.2. The van der Waals surface area contributed by atoms with Gasteiger partial charge in [-0.15, -0.1) is 5.10 Å². The Morgan fingerprint density at radius 2 is 2.00 bits per heavy atom. The minimum atomic E-state index is -0.490. The predicted molar refractivity (Wildman–Crippen MR) is 72.8 cm³/mol. The van der Waals surface area contributed by atoms with Gasteiger partial charge in [0.15, 0.2) is 0 Å². The van der Waals surface area contributed by atoms with Gasteiger partial charge in [0.05, 0.1) is 28.3 Å². The van der Waals surface area contributed by atoms with Gasteiger partial charge in [-0.2, -0.15) is 0 Å². The normalized spacial score (nSPS) is 11.8. The molecular weight excluding hydrogens is 271 g/mol. The van der Waals surface area contributed by atoms with Crippen LogP contribution < -0.4 is 5.73 Å². The Morgan fingerprint density at radius 3 is 2.56 bits per heavy atom. The summed E-state index contributed by atoms with van der Waals surface area (Å²) in [5, 5.41) is 9.17. The third-order valence-electron chi connectivity index (χ3n) is 2.53. The molecular formula is C12H14Cl2N4. The quantitative estimate of drug-likeness (QED) is 0.943. The number of hydrogen-bond donors (Lipinski definition) is 1. The largest absolute Gasteiger partial charge is 0.320 e. The molecule has 2 N–H and O–H groups in total. The van der Waals surface area contributed by atoms with Crippen molar-refractivity contribution in [2.75, 3.05) is 0 Å². The highest BCUT2D eigenvalue weighted by molar-refractivity contribution is 6.42. The van der Waals surface area contributed by atoms with Gasteiger partial charge < -0.3 is 5.73 Å². The van der Waals surface area contributed by atoms with Crippen LogP contribution in [0.4, 0.5) is 0 Å². The standard InChI is InChI=1S/C12H14Cl2N4/c1-12(2,15)11-7-18(17-16-11)6-8-3-4-9(13)10(14)5-8/h3-5,7H,6,15H2,1-2H3. The van der Waals surface area contributed by atoms with Gasteiger partial charge in [0.25, 0.3) is 0 Å². The summed E-state index contributed by atoms with van der Waals surface area (Å²) in [5.74, 6) is 0. The minimum absolute atomic E-state index is 0.490. The van der Waals surface area contributed by atoms with Crippen molar-refractivity contribution in [3.05, 3.63) is 45.7 Å². The summed E-state index contributed by atoms with van der Waals surface area (Å²) in [4.78, 5) is 0. The molecule has 0 atom stereocenters. The lowest BCUT2D eigenvalue weighted by Crippen LogP contribution is -2.29. The van der Waals surface area contributed by atoms with E-state index in [2.05, 4.69) is 10.3 Å². The van der Waals surface area contributed by atoms with Crippen LogP contribution in [-0.4, -0.2) is 15.0 Å². The van der Waals surface area contributed by atoms with Crippen LogP contribution in [-0.2, 0) is 12.1 Å². The molecule has 0 spiro atoms. The molecule has 96 valence electrons. The lowest BCUT2D eigenvalue weighted by molar-refractivity contribution is 0.533. The van der Waals surface area contributed by atoms with Crippen LogP contribution in [0.15, 0.2) is 24.4 Å². The Kier molecular flexibility index (Phi) is 3.61. The van der Waals surface area contributed by atoms with Crippen molar-refractivity contribution in [3.63, 3.8) is 0 Å². The number of hydrogen-bond acceptors (Lipinski definition) is 3. The number of rotatable bonds is 3. The first-order valence-electron chi connectivity index (χ1n) is 5.49. The Balaban J connectivity index is 2.19. The molecule has 0 aliphatic heterocycles. The van der Waals surface area contributed by atoms with E-state index in [9.17, 15) is 0 Å². The molecule has 0 radical (unpaired) electrons. The van der Waals surface area contributed by atoms with Crippen molar-refractivity contribution in [1.29, 1.82) is 0 Å². The van der Waals surface area contributed by atoms with Gasteiger partial charge in [0, 0.05) is 0 Å². The van der Waals surface area contributed by atoms with Gasteiger partial charge in [-0.05, 0) is 31.5 Å². The molecule has 0 saturated carbocycles. The zero-order valence-corrected chi connectivity index (χ0v) is 11.7. The molecule has 2 aromatic rings. The van der Waals surface area contributed by atoms with E-state index < -0.39 is 5.54 Å². The van der Waals surface area contributed by atoms with E-state index in [-0.39, 0.29) is 0 Å². The highest BCUT2D eigenvalue weighted by atomic mass is 35.5. The van der Waals surface area contributed by atoms with Crippen LogP contribution in [0.2, 0.25) is 10.0 Å². The molecule has 2 rings (SSSR count). The Labute approximate surface area is 116 Å². The topological polar surface area (TPSA) is 56.7 Å². The third-order valence-corrected chi connectivity index (χ3v) is 3.27. The average molecular weight is 285 g/mol. The molecule has 18 heavy (non-hydrogen) atoms. The smallest absolute Gasteiger partial charge is 0.102 e. The van der Waals surface area contributed by atoms with Crippen molar-refractivity contribution < 1.29 is 0 Å². The highest BCUT2D eigenvalue weighted by Crippen LogP contribution is 2.23. The van der Waals surface area contributed by atoms with E-state index in [0.717, 1.165) is 11.3 Å². The van der Waals surface area contributed by atoms with Gasteiger partial charge in [-0.1, -0.05) is 34.5 Å². The maximum Gasteiger partial charge on any atom is 0.102 e. The lowest BCUT2D eigenvalue weighted by Gasteiger charge is -2.13. The molecule has 1 aromatic heterocycles. The fraction of sp³-hybridized carbons (Fsp3) is 0.333. The molecule has 0 saturated heterocycles. The molecule has 0 bridgehead atoms. The molecule has 0 aliphatic carbocycles. The number of aromatic nitrogens is 3. The number of nitrogens with two attached hydrogens (primary N) is 1. The molecule has 0 fully saturated rings. The summed E-state index contributed by atoms with van der Waals surface area (Å²) in [6.07, 6.45) is 1.84. The van der Waals surface area contributed by atoms with Crippen molar-refractivity contribution in [2.24, 2.45) is 5.73 Å². The molecule has 6 heteroatoms. The van der Waals surface area contributed by atoms with E-state index in [0.29, 0.717) is 16.6 Å². The maximum absolute atomic E-state index is 5.96. The molecule has 0 unspecified atom stereocenters. The van der Waals surface area contributed by atoms with E-state index in [4.69, 9.17) is 28.9 Å². The second-order valence-electron chi connectivity index (χ2n) is 4.77. The fourth-order valence-electron chi connectivity index (χ4n) is 1.50. The average Bonchev–Trinajstić information content (AvgIpc) is 2.72. The molecule has 1 aromatic carbocycles. The van der Waals surface area contributed by atoms with E-state index in [1.54, 1.807) is 10.7 Å². The summed E-state index contributed by atoms with van der Waals surface area (Å²) in [7, 11) is 0. The molecule has 0 aliphatic rings. The summed E-state index contributed by atoms with van der Waals surface area (Å²) in [6, 6.07) is 5.49. The molecule has 4 nitrogen and oxygen atoms in total. The number of nitrogens with zero attached hydrogens (tertiary/aromatic N) is 3. The molecule has 0 amide bonds. The van der Waals surface area contributed by atoms with Crippen LogP contribution in [0.25, 0.3) is 0 Å². The highest BCUT2D eigenvalue weighted by Gasteiger charge is 2.18. The van der Waals surface area contributed by atoms with Gasteiger partial charge in [-0.3, -0.25) is 0 Å². The Hall–Kier alpha value is -1.10. The van der Waals surface area contributed by atoms with Gasteiger partial charge in [0.2, 0.25) is 0 Å². The SMILES string of the molecule is CC(C)(N)c1cn(Cc2ccc(Cl)c(Cl)c2)nn1. The van der Waals surface area contributed by atoms with Gasteiger partial charge in [0.1, 0.15) is 5.69 Å². The third kappa shape index (κ3) is 3.02. The summed E-state index contributed by atoms with van der Waals surface area (Å²) < 4.78 is 1.73. The van der Waals surface area contributed by atoms with Crippen LogP contribution >= 0.6 is 23.2 Å². The Morgan fingerprint density at radius 1 is 1.28 bits per heavy atom. The maximum atomic E-state index is 5.96. The van der Waals surface area contributed by atoms with Crippen molar-refractivity contribution in [3.8, 4) is 0 Å². The van der Waals surface area contributed by atoms with Crippen molar-refractivity contribution in [2.45, 2.75) is 25.9 Å².